The number of nitrogens with two attached hydrogens (primary N) is 1. The smallest absolute Gasteiger partial charge is 0.151 e. The van der Waals surface area contributed by atoms with E-state index in [1.54, 1.807) is 6.07 Å². The lowest BCUT2D eigenvalue weighted by Gasteiger charge is -2.22. The zero-order chi connectivity index (χ0) is 13.2. The Balaban J connectivity index is 2.11. The molecule has 0 unspecified atom stereocenters. The Morgan fingerprint density at radius 3 is 2.78 bits per heavy atom. The molecule has 2 rings (SSSR count). The third-order valence-corrected chi connectivity index (χ3v) is 3.37. The normalized spacial score (nSPS) is 12.2. The quantitative estimate of drug-likeness (QED) is 0.855. The Morgan fingerprint density at radius 1 is 1.33 bits per heavy atom. The van der Waals surface area contributed by atoms with Crippen LogP contribution in [0.1, 0.15) is 32.5 Å². The Hall–Kier alpha value is -1.42. The zero-order valence-electron chi connectivity index (χ0n) is 11.0. The van der Waals surface area contributed by atoms with E-state index in [4.69, 9.17) is 5.73 Å². The monoisotopic (exact) mass is 249 g/mol. The highest BCUT2D eigenvalue weighted by Crippen LogP contribution is 2.26. The molecule has 1 aromatic heterocycles. The van der Waals surface area contributed by atoms with Gasteiger partial charge in [0, 0.05) is 6.42 Å². The van der Waals surface area contributed by atoms with Crippen LogP contribution in [0.3, 0.4) is 0 Å². The number of aromatic nitrogens is 2. The van der Waals surface area contributed by atoms with E-state index in [1.807, 2.05) is 6.07 Å². The summed E-state index contributed by atoms with van der Waals surface area (Å²) in [6.07, 6.45) is 2.80. The first-order valence-corrected chi connectivity index (χ1v) is 6.35. The zero-order valence-corrected chi connectivity index (χ0v) is 11.0. The largest absolute Gasteiger partial charge is 0.342 e. The molecule has 0 saturated carbocycles. The van der Waals surface area contributed by atoms with Crippen molar-refractivity contribution in [3.63, 3.8) is 0 Å². The van der Waals surface area contributed by atoms with Crippen LogP contribution in [0.5, 0.6) is 0 Å². The van der Waals surface area contributed by atoms with Crippen molar-refractivity contribution in [3.05, 3.63) is 29.8 Å². The van der Waals surface area contributed by atoms with E-state index >= 15 is 0 Å². The number of para-hydroxylation sites is 1. The van der Waals surface area contributed by atoms with Crippen molar-refractivity contribution in [2.24, 2.45) is 11.1 Å². The number of H-pyrrole nitrogens is 1. The van der Waals surface area contributed by atoms with Gasteiger partial charge in [0.25, 0.3) is 0 Å². The van der Waals surface area contributed by atoms with E-state index in [1.165, 1.54) is 6.07 Å². The van der Waals surface area contributed by atoms with Gasteiger partial charge in [0.05, 0.1) is 5.52 Å². The Kier molecular flexibility index (Phi) is 3.66. The summed E-state index contributed by atoms with van der Waals surface area (Å²) in [5.74, 6) is 0.580. The molecule has 0 bridgehead atoms. The van der Waals surface area contributed by atoms with Gasteiger partial charge < -0.3 is 10.7 Å². The highest BCUT2D eigenvalue weighted by atomic mass is 19.1. The number of halogens is 1. The molecule has 18 heavy (non-hydrogen) atoms. The summed E-state index contributed by atoms with van der Waals surface area (Å²) in [7, 11) is 0. The van der Waals surface area contributed by atoms with Crippen molar-refractivity contribution in [1.82, 2.24) is 9.97 Å². The summed E-state index contributed by atoms with van der Waals surface area (Å²) in [5.41, 5.74) is 6.99. The Morgan fingerprint density at radius 2 is 2.11 bits per heavy atom. The summed E-state index contributed by atoms with van der Waals surface area (Å²) in [6, 6.07) is 4.98. The lowest BCUT2D eigenvalue weighted by Crippen LogP contribution is -2.18. The molecule has 0 aliphatic rings. The third-order valence-electron chi connectivity index (χ3n) is 3.37. The van der Waals surface area contributed by atoms with E-state index in [9.17, 15) is 4.39 Å². The molecule has 4 heteroatoms. The Bertz CT molecular complexity index is 531. The molecule has 0 saturated heterocycles. The molecular weight excluding hydrogens is 229 g/mol. The second-order valence-corrected chi connectivity index (χ2v) is 5.52. The number of nitrogens with one attached hydrogen (secondary N) is 1. The van der Waals surface area contributed by atoms with Crippen molar-refractivity contribution in [3.8, 4) is 0 Å². The van der Waals surface area contributed by atoms with Gasteiger partial charge in [0.15, 0.2) is 5.82 Å². The number of hydrogen-bond acceptors (Lipinski definition) is 2. The molecular formula is C14H20FN3. The lowest BCUT2D eigenvalue weighted by atomic mass is 9.84. The summed E-state index contributed by atoms with van der Waals surface area (Å²) in [5, 5.41) is 0. The molecule has 0 aliphatic carbocycles. The number of aryl methyl sites for hydroxylation is 1. The summed E-state index contributed by atoms with van der Waals surface area (Å²) >= 11 is 0. The maximum atomic E-state index is 13.5. The maximum Gasteiger partial charge on any atom is 0.151 e. The van der Waals surface area contributed by atoms with Crippen LogP contribution in [0, 0.1) is 11.2 Å². The number of rotatable bonds is 5. The average molecular weight is 249 g/mol. The topological polar surface area (TPSA) is 54.7 Å². The highest BCUT2D eigenvalue weighted by molar-refractivity contribution is 5.75. The van der Waals surface area contributed by atoms with Crippen molar-refractivity contribution in [2.75, 3.05) is 6.54 Å². The second kappa shape index (κ2) is 5.06. The van der Waals surface area contributed by atoms with Gasteiger partial charge in [-0.25, -0.2) is 9.37 Å². The van der Waals surface area contributed by atoms with Gasteiger partial charge in [-0.05, 0) is 36.9 Å². The molecule has 3 nitrogen and oxygen atoms in total. The SMILES string of the molecule is CC(C)(CCN)CCc1nc2c(F)cccc2[nH]1. The van der Waals surface area contributed by atoms with Crippen LogP contribution in [-0.2, 0) is 6.42 Å². The first-order valence-electron chi connectivity index (χ1n) is 6.35. The second-order valence-electron chi connectivity index (χ2n) is 5.52. The number of benzene rings is 1. The van der Waals surface area contributed by atoms with E-state index in [2.05, 4.69) is 23.8 Å². The fraction of sp³-hybridized carbons (Fsp3) is 0.500. The molecule has 2 aromatic rings. The number of nitrogens with zero attached hydrogens (tertiary/aromatic N) is 1. The maximum absolute atomic E-state index is 13.5. The molecule has 0 spiro atoms. The van der Waals surface area contributed by atoms with Crippen LogP contribution in [-0.4, -0.2) is 16.5 Å². The standard InChI is InChI=1S/C14H20FN3/c1-14(2,8-9-16)7-6-12-17-11-5-3-4-10(15)13(11)18-12/h3-5H,6-9,16H2,1-2H3,(H,17,18). The summed E-state index contributed by atoms with van der Waals surface area (Å²) < 4.78 is 13.5. The van der Waals surface area contributed by atoms with E-state index in [0.29, 0.717) is 12.1 Å². The van der Waals surface area contributed by atoms with Gasteiger partial charge in [-0.15, -0.1) is 0 Å². The van der Waals surface area contributed by atoms with Crippen molar-refractivity contribution in [1.29, 1.82) is 0 Å². The van der Waals surface area contributed by atoms with Crippen LogP contribution in [0.4, 0.5) is 4.39 Å². The summed E-state index contributed by atoms with van der Waals surface area (Å²) in [6.45, 7) is 5.09. The Labute approximate surface area is 107 Å². The van der Waals surface area contributed by atoms with Gasteiger partial charge >= 0.3 is 0 Å². The van der Waals surface area contributed by atoms with Crippen LogP contribution < -0.4 is 5.73 Å². The van der Waals surface area contributed by atoms with Crippen molar-refractivity contribution >= 4 is 11.0 Å². The lowest BCUT2D eigenvalue weighted by molar-refractivity contribution is 0.311. The van der Waals surface area contributed by atoms with Crippen LogP contribution in [0.15, 0.2) is 18.2 Å². The molecule has 1 heterocycles. The van der Waals surface area contributed by atoms with Crippen molar-refractivity contribution < 1.29 is 4.39 Å². The van der Waals surface area contributed by atoms with E-state index in [0.717, 1.165) is 30.6 Å². The fourth-order valence-electron chi connectivity index (χ4n) is 2.14. The third kappa shape index (κ3) is 2.88. The minimum Gasteiger partial charge on any atom is -0.342 e. The molecule has 0 radical (unpaired) electrons. The van der Waals surface area contributed by atoms with Gasteiger partial charge in [-0.1, -0.05) is 19.9 Å². The molecule has 3 N–H and O–H groups in total. The molecule has 0 amide bonds. The summed E-state index contributed by atoms with van der Waals surface area (Å²) in [4.78, 5) is 7.48. The van der Waals surface area contributed by atoms with Crippen molar-refractivity contribution in [2.45, 2.75) is 33.1 Å². The first kappa shape index (κ1) is 13.0. The predicted octanol–water partition coefficient (Wildman–Crippen LogP) is 3.01. The molecule has 0 aliphatic heterocycles. The molecule has 0 atom stereocenters. The number of imidazole rings is 1. The van der Waals surface area contributed by atoms with Gasteiger partial charge in [0.2, 0.25) is 0 Å². The highest BCUT2D eigenvalue weighted by Gasteiger charge is 2.17. The van der Waals surface area contributed by atoms with Gasteiger partial charge in [-0.2, -0.15) is 0 Å². The van der Waals surface area contributed by atoms with E-state index in [-0.39, 0.29) is 11.2 Å². The van der Waals surface area contributed by atoms with Gasteiger partial charge in [-0.3, -0.25) is 0 Å². The van der Waals surface area contributed by atoms with Gasteiger partial charge in [0.1, 0.15) is 11.3 Å². The average Bonchev–Trinajstić information content (AvgIpc) is 2.71. The number of aromatic amines is 1. The molecule has 98 valence electrons. The molecule has 0 fully saturated rings. The van der Waals surface area contributed by atoms with E-state index < -0.39 is 0 Å². The first-order chi connectivity index (χ1) is 8.52. The van der Waals surface area contributed by atoms with Crippen LogP contribution in [0.2, 0.25) is 0 Å². The number of hydrogen-bond donors (Lipinski definition) is 2. The minimum absolute atomic E-state index is 0.201. The number of fused-ring (bicyclic) bond motifs is 1. The fourth-order valence-corrected chi connectivity index (χ4v) is 2.14. The van der Waals surface area contributed by atoms with Crippen LogP contribution >= 0.6 is 0 Å². The minimum atomic E-state index is -0.267. The van der Waals surface area contributed by atoms with Crippen LogP contribution in [0.25, 0.3) is 11.0 Å². The predicted molar refractivity (Wildman–Crippen MR) is 71.8 cm³/mol. The molecule has 1 aromatic carbocycles.